The van der Waals surface area contributed by atoms with Gasteiger partial charge in [0.1, 0.15) is 0 Å². The maximum absolute atomic E-state index is 12.1. The van der Waals surface area contributed by atoms with Crippen LogP contribution in [0.3, 0.4) is 0 Å². The Bertz CT molecular complexity index is 382. The van der Waals surface area contributed by atoms with Crippen LogP contribution < -0.4 is 0 Å². The molecule has 0 unspecified atom stereocenters. The van der Waals surface area contributed by atoms with E-state index in [0.717, 1.165) is 6.42 Å². The molecular weight excluding hydrogens is 354 g/mol. The maximum atomic E-state index is 12.1. The number of hydrogen-bond donors (Lipinski definition) is 0. The molecule has 8 nitrogen and oxygen atoms in total. The minimum Gasteiger partial charge on any atom is -0.374 e. The van der Waals surface area contributed by atoms with Crippen molar-refractivity contribution in [3.63, 3.8) is 0 Å². The fourth-order valence-corrected chi connectivity index (χ4v) is 4.99. The van der Waals surface area contributed by atoms with Crippen molar-refractivity contribution in [3.8, 4) is 0 Å². The number of carbonyl (C=O) groups is 2. The van der Waals surface area contributed by atoms with Gasteiger partial charge < -0.3 is 23.1 Å². The number of amides is 2. The molecule has 0 atom stereocenters. The quantitative estimate of drug-likeness (QED) is 0.410. The molecule has 0 rings (SSSR count). The Morgan fingerprint density at radius 3 is 1.46 bits per heavy atom. The van der Waals surface area contributed by atoms with Gasteiger partial charge in [0.15, 0.2) is 0 Å². The normalized spacial score (nSPS) is 11.7. The predicted molar refractivity (Wildman–Crippen MR) is 104 cm³/mol. The lowest BCUT2D eigenvalue weighted by molar-refractivity contribution is -0.133. The number of rotatable bonds is 14. The summed E-state index contributed by atoms with van der Waals surface area (Å²) in [6.07, 6.45) is 0.730. The van der Waals surface area contributed by atoms with E-state index in [-0.39, 0.29) is 24.9 Å². The van der Waals surface area contributed by atoms with Crippen LogP contribution in [-0.4, -0.2) is 103 Å². The Hall–Kier alpha value is -1.00. The van der Waals surface area contributed by atoms with Crippen molar-refractivity contribution in [1.29, 1.82) is 0 Å². The summed E-state index contributed by atoms with van der Waals surface area (Å²) in [5, 5.41) is 0. The molecule has 0 spiro atoms. The molecule has 0 saturated carbocycles. The van der Waals surface area contributed by atoms with Crippen LogP contribution in [0.5, 0.6) is 0 Å². The predicted octanol–water partition coefficient (Wildman–Crippen LogP) is 0.903. The second kappa shape index (κ2) is 13.2. The van der Waals surface area contributed by atoms with E-state index in [2.05, 4.69) is 0 Å². The molecule has 0 aromatic rings. The molecule has 26 heavy (non-hydrogen) atoms. The summed E-state index contributed by atoms with van der Waals surface area (Å²) in [5.41, 5.74) is 0. The van der Waals surface area contributed by atoms with Crippen molar-refractivity contribution < 1.29 is 22.9 Å². The second-order valence-electron chi connectivity index (χ2n) is 6.37. The minimum atomic E-state index is -2.70. The first-order chi connectivity index (χ1) is 12.2. The first-order valence-corrected chi connectivity index (χ1v) is 11.2. The van der Waals surface area contributed by atoms with Gasteiger partial charge in [-0.2, -0.15) is 0 Å². The summed E-state index contributed by atoms with van der Waals surface area (Å²) in [6.45, 7) is 8.41. The van der Waals surface area contributed by atoms with E-state index in [4.69, 9.17) is 13.3 Å². The highest BCUT2D eigenvalue weighted by molar-refractivity contribution is 6.60. The molecule has 0 heterocycles. The van der Waals surface area contributed by atoms with E-state index in [0.29, 0.717) is 32.4 Å². The van der Waals surface area contributed by atoms with Crippen LogP contribution in [-0.2, 0) is 22.9 Å². The minimum absolute atomic E-state index is 0.0283. The molecule has 0 aliphatic carbocycles. The van der Waals surface area contributed by atoms with Crippen LogP contribution in [0.4, 0.5) is 0 Å². The fourth-order valence-electron chi connectivity index (χ4n) is 2.40. The number of carbonyl (C=O) groups excluding carboxylic acids is 2. The summed E-state index contributed by atoms with van der Waals surface area (Å²) >= 11 is 0. The molecule has 0 N–H and O–H groups in total. The zero-order valence-electron chi connectivity index (χ0n) is 17.5. The molecule has 2 amide bonds. The topological polar surface area (TPSA) is 71.6 Å². The smallest absolute Gasteiger partial charge is 0.374 e. The lowest BCUT2D eigenvalue weighted by Gasteiger charge is -2.30. The van der Waals surface area contributed by atoms with Gasteiger partial charge in [-0.25, -0.2) is 0 Å². The molecule has 0 aliphatic heterocycles. The molecule has 0 radical (unpaired) electrons. The average molecular weight is 392 g/mol. The average Bonchev–Trinajstić information content (AvgIpc) is 2.55. The molecule has 0 aliphatic rings. The van der Waals surface area contributed by atoms with Crippen LogP contribution in [0.2, 0.25) is 6.04 Å². The van der Waals surface area contributed by atoms with E-state index in [1.165, 1.54) is 9.80 Å². The van der Waals surface area contributed by atoms with Crippen LogP contribution in [0.25, 0.3) is 0 Å². The molecule has 0 saturated heterocycles. The van der Waals surface area contributed by atoms with Gasteiger partial charge in [0, 0.05) is 54.1 Å². The van der Waals surface area contributed by atoms with Gasteiger partial charge in [-0.05, 0) is 33.7 Å². The third kappa shape index (κ3) is 9.63. The Morgan fingerprint density at radius 1 is 0.769 bits per heavy atom. The Kier molecular flexibility index (Phi) is 12.7. The Balaban J connectivity index is 4.90. The summed E-state index contributed by atoms with van der Waals surface area (Å²) in [7, 11) is 4.15. The van der Waals surface area contributed by atoms with Crippen molar-refractivity contribution in [2.24, 2.45) is 0 Å². The summed E-state index contributed by atoms with van der Waals surface area (Å²) in [4.78, 5) is 29.1. The van der Waals surface area contributed by atoms with Gasteiger partial charge >= 0.3 is 8.80 Å². The number of hydrogen-bond acceptors (Lipinski definition) is 6. The van der Waals surface area contributed by atoms with Crippen molar-refractivity contribution >= 4 is 20.6 Å². The first-order valence-electron chi connectivity index (χ1n) is 9.25. The summed E-state index contributed by atoms with van der Waals surface area (Å²) < 4.78 is 17.6. The van der Waals surface area contributed by atoms with Crippen LogP contribution >= 0.6 is 0 Å². The summed E-state index contributed by atoms with van der Waals surface area (Å²) in [6, 6.07) is 0.658. The maximum Gasteiger partial charge on any atom is 0.500 e. The van der Waals surface area contributed by atoms with Crippen molar-refractivity contribution in [1.82, 2.24) is 14.7 Å². The number of likely N-dealkylation sites (N-methyl/N-ethyl adjacent to an activating group) is 2. The molecule has 9 heteroatoms. The van der Waals surface area contributed by atoms with Crippen molar-refractivity contribution in [3.05, 3.63) is 0 Å². The standard InChI is InChI=1S/C17H37N3O5Si/c1-8-23-26(24-9-2,25-10-3)13-11-12-20(14-16(21)18(4)5)15-17(22)19(6)7/h8-15H2,1-7H3. The van der Waals surface area contributed by atoms with Gasteiger partial charge in [0.05, 0.1) is 13.1 Å². The van der Waals surface area contributed by atoms with E-state index in [1.807, 2.05) is 25.7 Å². The van der Waals surface area contributed by atoms with Gasteiger partial charge in [-0.1, -0.05) is 0 Å². The van der Waals surface area contributed by atoms with E-state index < -0.39 is 8.80 Å². The highest BCUT2D eigenvalue weighted by Crippen LogP contribution is 2.18. The Labute approximate surface area is 159 Å². The zero-order valence-corrected chi connectivity index (χ0v) is 18.5. The van der Waals surface area contributed by atoms with Crippen molar-refractivity contribution in [2.75, 3.05) is 67.6 Å². The Morgan fingerprint density at radius 2 is 1.15 bits per heavy atom. The SMILES string of the molecule is CCO[Si](CCCN(CC(=O)N(C)C)CC(=O)N(C)C)(OCC)OCC. The third-order valence-electron chi connectivity index (χ3n) is 3.77. The highest BCUT2D eigenvalue weighted by Gasteiger charge is 2.39. The van der Waals surface area contributed by atoms with Gasteiger partial charge in [-0.15, -0.1) is 0 Å². The van der Waals surface area contributed by atoms with Gasteiger partial charge in [-0.3, -0.25) is 14.5 Å². The molecular formula is C17H37N3O5Si. The van der Waals surface area contributed by atoms with E-state index in [1.54, 1.807) is 28.2 Å². The third-order valence-corrected chi connectivity index (χ3v) is 6.92. The lowest BCUT2D eigenvalue weighted by atomic mass is 10.3. The van der Waals surface area contributed by atoms with E-state index in [9.17, 15) is 9.59 Å². The van der Waals surface area contributed by atoms with Crippen LogP contribution in [0, 0.1) is 0 Å². The molecule has 0 fully saturated rings. The molecule has 0 aromatic heterocycles. The number of nitrogens with zero attached hydrogens (tertiary/aromatic N) is 3. The monoisotopic (exact) mass is 391 g/mol. The van der Waals surface area contributed by atoms with E-state index >= 15 is 0 Å². The van der Waals surface area contributed by atoms with Crippen molar-refractivity contribution in [2.45, 2.75) is 33.2 Å². The molecule has 154 valence electrons. The zero-order chi connectivity index (χ0) is 20.2. The highest BCUT2D eigenvalue weighted by atomic mass is 28.4. The summed E-state index contributed by atoms with van der Waals surface area (Å²) in [5.74, 6) is -0.0565. The lowest BCUT2D eigenvalue weighted by Crippen LogP contribution is -2.47. The first kappa shape index (κ1) is 25.0. The van der Waals surface area contributed by atoms with Crippen LogP contribution in [0.15, 0.2) is 0 Å². The molecule has 0 aromatic carbocycles. The van der Waals surface area contributed by atoms with Gasteiger partial charge in [0.25, 0.3) is 0 Å². The largest absolute Gasteiger partial charge is 0.500 e. The van der Waals surface area contributed by atoms with Crippen LogP contribution in [0.1, 0.15) is 27.2 Å². The second-order valence-corrected chi connectivity index (χ2v) is 9.10. The molecule has 0 bridgehead atoms. The van der Waals surface area contributed by atoms with Gasteiger partial charge in [0.2, 0.25) is 11.8 Å². The fraction of sp³-hybridized carbons (Fsp3) is 0.882.